The largest absolute Gasteiger partial charge is 0.463 e. The molecule has 11 heteroatoms. The summed E-state index contributed by atoms with van der Waals surface area (Å²) >= 11 is 1.17. The van der Waals surface area contributed by atoms with Gasteiger partial charge in [0.15, 0.2) is 18.3 Å². The summed E-state index contributed by atoms with van der Waals surface area (Å²) in [6, 6.07) is 1.98. The molecule has 5 atom stereocenters. The number of carbonyl (C=O) groups excluding carboxylic acids is 4. The van der Waals surface area contributed by atoms with Gasteiger partial charge >= 0.3 is 23.9 Å². The van der Waals surface area contributed by atoms with Crippen LogP contribution in [-0.2, 0) is 42.9 Å². The lowest BCUT2D eigenvalue weighted by molar-refractivity contribution is -0.237. The first-order chi connectivity index (χ1) is 13.1. The highest BCUT2D eigenvalue weighted by molar-refractivity contribution is 7.99. The van der Waals surface area contributed by atoms with Gasteiger partial charge in [0.1, 0.15) is 18.1 Å². The van der Waals surface area contributed by atoms with Crippen molar-refractivity contribution in [2.75, 3.05) is 12.4 Å². The topological polar surface area (TPSA) is 138 Å². The Morgan fingerprint density at radius 1 is 0.893 bits per heavy atom. The van der Waals surface area contributed by atoms with E-state index >= 15 is 0 Å². The van der Waals surface area contributed by atoms with E-state index in [2.05, 4.69) is 0 Å². The normalized spacial score (nSPS) is 26.5. The van der Waals surface area contributed by atoms with Crippen LogP contribution in [0.25, 0.3) is 0 Å². The summed E-state index contributed by atoms with van der Waals surface area (Å²) in [7, 11) is 0. The van der Waals surface area contributed by atoms with Gasteiger partial charge in [0.2, 0.25) is 0 Å². The van der Waals surface area contributed by atoms with Gasteiger partial charge < -0.3 is 23.7 Å². The van der Waals surface area contributed by atoms with Crippen LogP contribution in [0, 0.1) is 11.3 Å². The highest BCUT2D eigenvalue weighted by Gasteiger charge is 2.52. The van der Waals surface area contributed by atoms with E-state index in [1.807, 2.05) is 6.07 Å². The van der Waals surface area contributed by atoms with Gasteiger partial charge in [-0.2, -0.15) is 5.26 Å². The first kappa shape index (κ1) is 23.7. The monoisotopic (exact) mass is 417 g/mol. The zero-order chi connectivity index (χ0) is 21.3. The summed E-state index contributed by atoms with van der Waals surface area (Å²) in [6.07, 6.45) is -4.21. The Hall–Kier alpha value is -2.32. The molecule has 0 aromatic heterocycles. The molecular formula is C17H23NO9S. The molecular weight excluding hydrogens is 394 g/mol. The number of nitriles is 1. The molecule has 0 saturated carbocycles. The third-order valence-electron chi connectivity index (χ3n) is 3.44. The maximum absolute atomic E-state index is 11.6. The van der Waals surface area contributed by atoms with Crippen LogP contribution in [0.5, 0.6) is 0 Å². The quantitative estimate of drug-likeness (QED) is 0.313. The predicted octanol–water partition coefficient (Wildman–Crippen LogP) is 0.716. The van der Waals surface area contributed by atoms with Crippen LogP contribution in [0.4, 0.5) is 0 Å². The minimum atomic E-state index is -1.18. The number of hydrogen-bond acceptors (Lipinski definition) is 11. The lowest BCUT2D eigenvalue weighted by atomic mass is 9.99. The molecule has 0 unspecified atom stereocenters. The van der Waals surface area contributed by atoms with Crippen molar-refractivity contribution in [3.8, 4) is 6.07 Å². The summed E-state index contributed by atoms with van der Waals surface area (Å²) in [4.78, 5) is 46.0. The second kappa shape index (κ2) is 11.5. The number of rotatable bonds is 8. The molecule has 1 fully saturated rings. The average molecular weight is 417 g/mol. The van der Waals surface area contributed by atoms with Crippen LogP contribution >= 0.6 is 11.8 Å². The van der Waals surface area contributed by atoms with Gasteiger partial charge in [0.25, 0.3) is 0 Å². The standard InChI is InChI=1S/C17H23NO9S/c1-9(19)23-8-13-14(24-10(2)20)15(25-11(3)21)16(26-12(4)22)17(27-13)28-7-5-6-18/h13-17H,5,7-8H2,1-4H3/t13-,14-,15-,16+,17-/m0/s1. The van der Waals surface area contributed by atoms with Crippen molar-refractivity contribution in [1.82, 2.24) is 0 Å². The molecule has 1 aliphatic rings. The Morgan fingerprint density at radius 3 is 1.93 bits per heavy atom. The van der Waals surface area contributed by atoms with E-state index in [4.69, 9.17) is 28.9 Å². The highest BCUT2D eigenvalue weighted by Crippen LogP contribution is 2.34. The van der Waals surface area contributed by atoms with Crippen LogP contribution in [0.3, 0.4) is 0 Å². The molecule has 1 saturated heterocycles. The maximum Gasteiger partial charge on any atom is 0.303 e. The predicted molar refractivity (Wildman–Crippen MR) is 94.6 cm³/mol. The van der Waals surface area contributed by atoms with Crippen LogP contribution in [0.15, 0.2) is 0 Å². The second-order valence-corrected chi connectivity index (χ2v) is 7.05. The van der Waals surface area contributed by atoms with Crippen LogP contribution in [0.2, 0.25) is 0 Å². The van der Waals surface area contributed by atoms with Crippen LogP contribution < -0.4 is 0 Å². The smallest absolute Gasteiger partial charge is 0.303 e. The maximum atomic E-state index is 11.6. The van der Waals surface area contributed by atoms with E-state index in [9.17, 15) is 19.2 Å². The van der Waals surface area contributed by atoms with Crippen molar-refractivity contribution in [2.45, 2.75) is 64.0 Å². The molecule has 0 aromatic rings. The number of hydrogen-bond donors (Lipinski definition) is 0. The summed E-state index contributed by atoms with van der Waals surface area (Å²) in [6.45, 7) is 4.42. The van der Waals surface area contributed by atoms with E-state index in [0.29, 0.717) is 5.75 Å². The molecule has 0 N–H and O–H groups in total. The van der Waals surface area contributed by atoms with Crippen molar-refractivity contribution in [3.05, 3.63) is 0 Å². The van der Waals surface area contributed by atoms with Crippen molar-refractivity contribution in [1.29, 1.82) is 5.26 Å². The van der Waals surface area contributed by atoms with E-state index in [1.165, 1.54) is 25.6 Å². The van der Waals surface area contributed by atoms with E-state index in [0.717, 1.165) is 13.8 Å². The minimum absolute atomic E-state index is 0.206. The third-order valence-corrected chi connectivity index (χ3v) is 4.59. The molecule has 1 heterocycles. The van der Waals surface area contributed by atoms with Crippen molar-refractivity contribution in [3.63, 3.8) is 0 Å². The van der Waals surface area contributed by atoms with E-state index < -0.39 is 53.7 Å². The highest BCUT2D eigenvalue weighted by atomic mass is 32.2. The Labute approximate surface area is 166 Å². The van der Waals surface area contributed by atoms with Crippen molar-refractivity contribution >= 4 is 35.6 Å². The summed E-state index contributed by atoms with van der Waals surface area (Å²) in [5.41, 5.74) is -0.839. The SMILES string of the molecule is CC(=O)OC[C@@H]1O[C@@H](SCCC#N)[C@H](OC(C)=O)[C@@H](OC(C)=O)[C@H]1OC(C)=O. The Kier molecular flexibility index (Phi) is 9.75. The fraction of sp³-hybridized carbons (Fsp3) is 0.706. The molecule has 0 aliphatic carbocycles. The summed E-state index contributed by atoms with van der Waals surface area (Å²) in [5, 5.41) is 8.74. The second-order valence-electron chi connectivity index (χ2n) is 5.85. The van der Waals surface area contributed by atoms with Gasteiger partial charge in [-0.25, -0.2) is 0 Å². The number of carbonyl (C=O) groups is 4. The van der Waals surface area contributed by atoms with Gasteiger partial charge in [0.05, 0.1) is 6.07 Å². The Bertz CT molecular complexity index is 633. The molecule has 28 heavy (non-hydrogen) atoms. The van der Waals surface area contributed by atoms with Crippen LogP contribution in [-0.4, -0.2) is 66.1 Å². The first-order valence-corrected chi connectivity index (χ1v) is 9.49. The fourth-order valence-electron chi connectivity index (χ4n) is 2.54. The zero-order valence-electron chi connectivity index (χ0n) is 16.0. The molecule has 1 aliphatic heterocycles. The lowest BCUT2D eigenvalue weighted by Gasteiger charge is -2.44. The molecule has 0 radical (unpaired) electrons. The van der Waals surface area contributed by atoms with Gasteiger partial charge in [-0.15, -0.1) is 11.8 Å². The Morgan fingerprint density at radius 2 is 1.43 bits per heavy atom. The number of nitrogens with zero attached hydrogens (tertiary/aromatic N) is 1. The number of ether oxygens (including phenoxy) is 5. The average Bonchev–Trinajstić information content (AvgIpc) is 2.57. The van der Waals surface area contributed by atoms with E-state index in [1.54, 1.807) is 0 Å². The zero-order valence-corrected chi connectivity index (χ0v) is 16.9. The van der Waals surface area contributed by atoms with Gasteiger partial charge in [-0.3, -0.25) is 19.2 Å². The first-order valence-electron chi connectivity index (χ1n) is 8.44. The minimum Gasteiger partial charge on any atom is -0.463 e. The fourth-order valence-corrected chi connectivity index (χ4v) is 3.61. The molecule has 10 nitrogen and oxygen atoms in total. The number of esters is 4. The molecule has 0 aromatic carbocycles. The lowest BCUT2D eigenvalue weighted by Crippen LogP contribution is -2.61. The summed E-state index contributed by atoms with van der Waals surface area (Å²) < 4.78 is 26.7. The van der Waals surface area contributed by atoms with Gasteiger partial charge in [-0.05, 0) is 0 Å². The number of thioether (sulfide) groups is 1. The van der Waals surface area contributed by atoms with Gasteiger partial charge in [-0.1, -0.05) is 0 Å². The van der Waals surface area contributed by atoms with Crippen LogP contribution in [0.1, 0.15) is 34.1 Å². The van der Waals surface area contributed by atoms with Crippen molar-refractivity contribution < 1.29 is 42.9 Å². The summed E-state index contributed by atoms with van der Waals surface area (Å²) in [5.74, 6) is -2.25. The third kappa shape index (κ3) is 7.74. The molecule has 156 valence electrons. The molecule has 1 rings (SSSR count). The Balaban J connectivity index is 3.23. The molecule has 0 spiro atoms. The molecule has 0 bridgehead atoms. The van der Waals surface area contributed by atoms with Gasteiger partial charge in [0, 0.05) is 39.9 Å². The molecule has 0 amide bonds. The van der Waals surface area contributed by atoms with Crippen molar-refractivity contribution in [2.24, 2.45) is 0 Å². The van der Waals surface area contributed by atoms with E-state index in [-0.39, 0.29) is 13.0 Å².